The summed E-state index contributed by atoms with van der Waals surface area (Å²) in [6.07, 6.45) is 5.06. The minimum absolute atomic E-state index is 0.0799. The van der Waals surface area contributed by atoms with Gasteiger partial charge in [-0.3, -0.25) is 0 Å². The Bertz CT molecular complexity index is 961. The number of nitriles is 1. The molecule has 0 fully saturated rings. The van der Waals surface area contributed by atoms with E-state index in [2.05, 4.69) is 26.8 Å². The van der Waals surface area contributed by atoms with Gasteiger partial charge < -0.3 is 9.47 Å². The molecule has 0 N–H and O–H groups in total. The molecule has 3 rings (SSSR count). The van der Waals surface area contributed by atoms with E-state index in [9.17, 15) is 5.26 Å². The first-order valence-corrected chi connectivity index (χ1v) is 11.6. The molecule has 5 heteroatoms. The summed E-state index contributed by atoms with van der Waals surface area (Å²) >= 11 is 1.68. The number of aliphatic imine (C=N–C) groups is 1. The predicted octanol–water partition coefficient (Wildman–Crippen LogP) is 6.71. The van der Waals surface area contributed by atoms with Crippen LogP contribution in [0.3, 0.4) is 0 Å². The van der Waals surface area contributed by atoms with Crippen molar-refractivity contribution in [3.63, 3.8) is 0 Å². The smallest absolute Gasteiger partial charge is 0.161 e. The molecule has 1 aliphatic rings. The largest absolute Gasteiger partial charge is 0.490 e. The number of hydrogen-bond acceptors (Lipinski definition) is 5. The first-order chi connectivity index (χ1) is 14.2. The van der Waals surface area contributed by atoms with Crippen molar-refractivity contribution in [2.75, 3.05) is 6.61 Å². The van der Waals surface area contributed by atoms with Gasteiger partial charge in [0.15, 0.2) is 11.5 Å². The van der Waals surface area contributed by atoms with Crippen LogP contribution in [0.25, 0.3) is 0 Å². The second kappa shape index (κ2) is 9.22. The Morgan fingerprint density at radius 1 is 1.30 bits per heavy atom. The molecule has 1 aromatic carbocycles. The van der Waals surface area contributed by atoms with Crippen LogP contribution < -0.4 is 9.47 Å². The topological polar surface area (TPSA) is 54.6 Å². The van der Waals surface area contributed by atoms with Crippen LogP contribution in [0.4, 0.5) is 5.00 Å². The van der Waals surface area contributed by atoms with E-state index in [0.29, 0.717) is 18.3 Å². The van der Waals surface area contributed by atoms with Gasteiger partial charge in [-0.25, -0.2) is 4.99 Å². The number of benzene rings is 1. The minimum Gasteiger partial charge on any atom is -0.490 e. The van der Waals surface area contributed by atoms with E-state index in [1.807, 2.05) is 45.2 Å². The van der Waals surface area contributed by atoms with Crippen LogP contribution >= 0.6 is 11.3 Å². The molecule has 0 bridgehead atoms. The van der Waals surface area contributed by atoms with Crippen LogP contribution in [0.1, 0.15) is 69.5 Å². The van der Waals surface area contributed by atoms with E-state index >= 15 is 0 Å². The van der Waals surface area contributed by atoms with Crippen molar-refractivity contribution in [2.45, 2.75) is 66.9 Å². The molecule has 1 atom stereocenters. The van der Waals surface area contributed by atoms with Crippen LogP contribution in [0.5, 0.6) is 11.5 Å². The summed E-state index contributed by atoms with van der Waals surface area (Å²) in [5.41, 5.74) is 3.18. The number of fused-ring (bicyclic) bond motifs is 1. The molecular formula is C25H32N2O2S. The fourth-order valence-corrected chi connectivity index (χ4v) is 5.10. The zero-order chi connectivity index (χ0) is 21.9. The number of ether oxygens (including phenoxy) is 2. The third kappa shape index (κ3) is 5.05. The van der Waals surface area contributed by atoms with E-state index < -0.39 is 0 Å². The summed E-state index contributed by atoms with van der Waals surface area (Å²) in [4.78, 5) is 6.04. The van der Waals surface area contributed by atoms with Crippen molar-refractivity contribution in [2.24, 2.45) is 16.3 Å². The van der Waals surface area contributed by atoms with Crippen molar-refractivity contribution in [3.8, 4) is 17.6 Å². The first-order valence-electron chi connectivity index (χ1n) is 10.7. The molecule has 1 aliphatic carbocycles. The predicted molar refractivity (Wildman–Crippen MR) is 125 cm³/mol. The maximum absolute atomic E-state index is 9.77. The van der Waals surface area contributed by atoms with Gasteiger partial charge in [-0.05, 0) is 80.7 Å². The van der Waals surface area contributed by atoms with Crippen molar-refractivity contribution in [1.29, 1.82) is 5.26 Å². The summed E-state index contributed by atoms with van der Waals surface area (Å²) in [5, 5.41) is 10.6. The molecule has 0 amide bonds. The second-order valence-corrected chi connectivity index (χ2v) is 10.2. The highest BCUT2D eigenvalue weighted by Crippen LogP contribution is 2.45. The Kier molecular flexibility index (Phi) is 6.88. The van der Waals surface area contributed by atoms with Crippen LogP contribution in [-0.2, 0) is 12.8 Å². The summed E-state index contributed by atoms with van der Waals surface area (Å²) in [6, 6.07) is 8.24. The lowest BCUT2D eigenvalue weighted by atomic mass is 9.72. The van der Waals surface area contributed by atoms with E-state index in [0.717, 1.165) is 41.1 Å². The average Bonchev–Trinajstić information content (AvgIpc) is 3.04. The summed E-state index contributed by atoms with van der Waals surface area (Å²) in [5.74, 6) is 2.10. The van der Waals surface area contributed by atoms with Crippen LogP contribution in [-0.4, -0.2) is 18.9 Å². The van der Waals surface area contributed by atoms with Gasteiger partial charge in [-0.15, -0.1) is 11.3 Å². The highest BCUT2D eigenvalue weighted by molar-refractivity contribution is 7.16. The quantitative estimate of drug-likeness (QED) is 0.484. The number of hydrogen-bond donors (Lipinski definition) is 0. The van der Waals surface area contributed by atoms with Gasteiger partial charge in [0, 0.05) is 11.1 Å². The molecule has 0 spiro atoms. The molecule has 2 aromatic rings. The standard InChI is InChI=1S/C25H32N2O2S/c1-7-28-22-12-17(8-11-21(22)29-16(2)3)15-27-24-20(14-26)19-10-9-18(25(4,5)6)13-23(19)30-24/h8,11-12,15-16,18H,7,9-10,13H2,1-6H3/t18-/m1/s1. The van der Waals surface area contributed by atoms with Gasteiger partial charge in [-0.1, -0.05) is 20.8 Å². The van der Waals surface area contributed by atoms with Crippen molar-refractivity contribution in [1.82, 2.24) is 0 Å². The third-order valence-electron chi connectivity index (χ3n) is 5.54. The highest BCUT2D eigenvalue weighted by atomic mass is 32.1. The Labute approximate surface area is 184 Å². The van der Waals surface area contributed by atoms with Crippen molar-refractivity contribution >= 4 is 22.6 Å². The van der Waals surface area contributed by atoms with Crippen molar-refractivity contribution in [3.05, 3.63) is 39.8 Å². The molecule has 4 nitrogen and oxygen atoms in total. The zero-order valence-corrected chi connectivity index (χ0v) is 19.7. The first kappa shape index (κ1) is 22.4. The number of rotatable bonds is 6. The molecule has 30 heavy (non-hydrogen) atoms. The zero-order valence-electron chi connectivity index (χ0n) is 18.9. The Morgan fingerprint density at radius 2 is 2.07 bits per heavy atom. The molecule has 0 unspecified atom stereocenters. The summed E-state index contributed by atoms with van der Waals surface area (Å²) in [7, 11) is 0. The maximum atomic E-state index is 9.77. The molecule has 1 aromatic heterocycles. The molecule has 0 saturated carbocycles. The molecule has 0 radical (unpaired) electrons. The SMILES string of the molecule is CCOc1cc(C=Nc2sc3c(c2C#N)CC[C@@H](C(C)(C)C)C3)ccc1OC(C)C. The molecule has 160 valence electrons. The van der Waals surface area contributed by atoms with E-state index in [4.69, 9.17) is 14.5 Å². The monoisotopic (exact) mass is 424 g/mol. The van der Waals surface area contributed by atoms with Crippen LogP contribution in [0, 0.1) is 22.7 Å². The fraction of sp³-hybridized carbons (Fsp3) is 0.520. The van der Waals surface area contributed by atoms with E-state index in [1.54, 1.807) is 11.3 Å². The lowest BCUT2D eigenvalue weighted by Crippen LogP contribution is -2.26. The summed E-state index contributed by atoms with van der Waals surface area (Å²) < 4.78 is 11.6. The average molecular weight is 425 g/mol. The lowest BCUT2D eigenvalue weighted by Gasteiger charge is -2.33. The lowest BCUT2D eigenvalue weighted by molar-refractivity contribution is 0.218. The minimum atomic E-state index is 0.0799. The third-order valence-corrected chi connectivity index (χ3v) is 6.71. The fourth-order valence-electron chi connectivity index (χ4n) is 3.87. The molecule has 1 heterocycles. The Hall–Kier alpha value is -2.32. The van der Waals surface area contributed by atoms with Crippen LogP contribution in [0.2, 0.25) is 0 Å². The van der Waals surface area contributed by atoms with Crippen molar-refractivity contribution < 1.29 is 9.47 Å². The van der Waals surface area contributed by atoms with E-state index in [-0.39, 0.29) is 11.5 Å². The summed E-state index contributed by atoms with van der Waals surface area (Å²) in [6.45, 7) is 13.4. The Morgan fingerprint density at radius 3 is 2.70 bits per heavy atom. The molecular weight excluding hydrogens is 392 g/mol. The highest BCUT2D eigenvalue weighted by Gasteiger charge is 2.32. The van der Waals surface area contributed by atoms with Gasteiger partial charge in [0.05, 0.1) is 18.3 Å². The van der Waals surface area contributed by atoms with E-state index in [1.165, 1.54) is 10.4 Å². The van der Waals surface area contributed by atoms with Gasteiger partial charge in [-0.2, -0.15) is 5.26 Å². The number of nitrogens with zero attached hydrogens (tertiary/aromatic N) is 2. The normalized spacial score (nSPS) is 16.5. The Balaban J connectivity index is 1.87. The second-order valence-electron chi connectivity index (χ2n) is 9.17. The van der Waals surface area contributed by atoms with Gasteiger partial charge in [0.25, 0.3) is 0 Å². The maximum Gasteiger partial charge on any atom is 0.161 e. The molecule has 0 aliphatic heterocycles. The van der Waals surface area contributed by atoms with Gasteiger partial charge in [0.1, 0.15) is 11.1 Å². The van der Waals surface area contributed by atoms with Gasteiger partial charge in [0.2, 0.25) is 0 Å². The van der Waals surface area contributed by atoms with Crippen LogP contribution in [0.15, 0.2) is 23.2 Å². The van der Waals surface area contributed by atoms with Gasteiger partial charge >= 0.3 is 0 Å². The number of thiophene rings is 1. The molecule has 0 saturated heterocycles.